The number of carbonyl (C=O) groups is 1. The second-order valence-corrected chi connectivity index (χ2v) is 3.88. The van der Waals surface area contributed by atoms with Crippen molar-refractivity contribution in [2.45, 2.75) is 6.92 Å². The minimum absolute atomic E-state index is 0.0420. The summed E-state index contributed by atoms with van der Waals surface area (Å²) < 4.78 is 35.0. The number of nitrogens with one attached hydrogen (secondary N) is 2. The van der Waals surface area contributed by atoms with Crippen LogP contribution < -0.4 is 14.8 Å². The minimum atomic E-state index is -4.63. The van der Waals surface area contributed by atoms with Crippen LogP contribution in [0.1, 0.15) is 5.82 Å². The quantitative estimate of drug-likeness (QED) is 0.596. The Labute approximate surface area is 96.3 Å². The molecule has 0 aliphatic heterocycles. The van der Waals surface area contributed by atoms with Gasteiger partial charge in [-0.2, -0.15) is 23.4 Å². The predicted octanol–water partition coefficient (Wildman–Crippen LogP) is -0.887. The van der Waals surface area contributed by atoms with E-state index in [1.165, 1.54) is 18.8 Å². The first kappa shape index (κ1) is 13.1. The molecule has 1 heterocycles. The van der Waals surface area contributed by atoms with Crippen molar-refractivity contribution in [2.24, 2.45) is 0 Å². The molecule has 0 aromatic carbocycles. The summed E-state index contributed by atoms with van der Waals surface area (Å²) in [5, 5.41) is 1.98. The third kappa shape index (κ3) is 4.56. The van der Waals surface area contributed by atoms with Gasteiger partial charge in [0.15, 0.2) is 0 Å². The van der Waals surface area contributed by atoms with Crippen molar-refractivity contribution in [1.29, 1.82) is 0 Å². The van der Waals surface area contributed by atoms with Gasteiger partial charge in [-0.25, -0.2) is 9.52 Å². The Morgan fingerprint density at radius 3 is 2.53 bits per heavy atom. The Bertz CT molecular complexity index is 530. The molecule has 1 aromatic rings. The van der Waals surface area contributed by atoms with Crippen molar-refractivity contribution in [1.82, 2.24) is 19.7 Å². The van der Waals surface area contributed by atoms with E-state index in [4.69, 9.17) is 9.29 Å². The fourth-order valence-corrected chi connectivity index (χ4v) is 1.13. The number of ether oxygens (including phenoxy) is 1. The second-order valence-electron chi connectivity index (χ2n) is 2.72. The van der Waals surface area contributed by atoms with Crippen molar-refractivity contribution in [3.05, 3.63) is 5.82 Å². The molecule has 2 amide bonds. The maximum atomic E-state index is 11.0. The molecule has 0 atom stereocenters. The number of amides is 2. The Hall–Kier alpha value is -2.01. The van der Waals surface area contributed by atoms with Crippen molar-refractivity contribution in [3.8, 4) is 6.01 Å². The van der Waals surface area contributed by atoms with Gasteiger partial charge in [0, 0.05) is 0 Å². The Morgan fingerprint density at radius 2 is 2.00 bits per heavy atom. The van der Waals surface area contributed by atoms with Gasteiger partial charge in [-0.1, -0.05) is 0 Å². The van der Waals surface area contributed by atoms with Gasteiger partial charge in [-0.3, -0.25) is 9.87 Å². The highest BCUT2D eigenvalue weighted by atomic mass is 32.2. The SMILES string of the molecule is COc1nc(C)nc(NC(=O)NS(=O)(=O)O)n1. The van der Waals surface area contributed by atoms with Crippen LogP contribution in [0, 0.1) is 6.92 Å². The first-order chi connectivity index (χ1) is 7.80. The smallest absolute Gasteiger partial charge is 0.361 e. The van der Waals surface area contributed by atoms with E-state index in [9.17, 15) is 13.2 Å². The summed E-state index contributed by atoms with van der Waals surface area (Å²) in [7, 11) is -3.32. The maximum Gasteiger partial charge on any atom is 0.361 e. The summed E-state index contributed by atoms with van der Waals surface area (Å²) in [5.74, 6) is 0.0505. The van der Waals surface area contributed by atoms with E-state index >= 15 is 0 Å². The van der Waals surface area contributed by atoms with Crippen molar-refractivity contribution in [3.63, 3.8) is 0 Å². The van der Waals surface area contributed by atoms with E-state index in [0.717, 1.165) is 0 Å². The monoisotopic (exact) mass is 263 g/mol. The van der Waals surface area contributed by atoms with Crippen LogP contribution >= 0.6 is 0 Å². The lowest BCUT2D eigenvalue weighted by Crippen LogP contribution is -2.34. The molecular formula is C6H9N5O5S. The molecule has 1 rings (SSSR count). The zero-order chi connectivity index (χ0) is 13.1. The van der Waals surface area contributed by atoms with Crippen LogP contribution in [0.4, 0.5) is 10.7 Å². The van der Waals surface area contributed by atoms with Crippen LogP contribution in [0.25, 0.3) is 0 Å². The fraction of sp³-hybridized carbons (Fsp3) is 0.333. The summed E-state index contributed by atoms with van der Waals surface area (Å²) in [4.78, 5) is 22.1. The maximum absolute atomic E-state index is 11.0. The van der Waals surface area contributed by atoms with Gasteiger partial charge in [0.1, 0.15) is 5.82 Å². The molecule has 94 valence electrons. The van der Waals surface area contributed by atoms with E-state index in [0.29, 0.717) is 0 Å². The molecule has 0 saturated heterocycles. The van der Waals surface area contributed by atoms with Crippen molar-refractivity contribution in [2.75, 3.05) is 12.4 Å². The first-order valence-corrected chi connectivity index (χ1v) is 5.57. The summed E-state index contributed by atoms with van der Waals surface area (Å²) >= 11 is 0. The number of hydrogen-bond acceptors (Lipinski definition) is 7. The predicted molar refractivity (Wildman–Crippen MR) is 54.8 cm³/mol. The van der Waals surface area contributed by atoms with E-state index in [-0.39, 0.29) is 17.8 Å². The zero-order valence-corrected chi connectivity index (χ0v) is 9.65. The molecule has 0 saturated carbocycles. The van der Waals surface area contributed by atoms with Gasteiger partial charge in [0.2, 0.25) is 5.95 Å². The van der Waals surface area contributed by atoms with Gasteiger partial charge in [-0.15, -0.1) is 0 Å². The van der Waals surface area contributed by atoms with Gasteiger partial charge in [-0.05, 0) is 6.92 Å². The number of carbonyl (C=O) groups excluding carboxylic acids is 1. The van der Waals surface area contributed by atoms with Gasteiger partial charge in [0.05, 0.1) is 7.11 Å². The Balaban J connectivity index is 2.81. The number of hydrogen-bond donors (Lipinski definition) is 3. The molecule has 0 radical (unpaired) electrons. The van der Waals surface area contributed by atoms with E-state index in [1.807, 2.05) is 5.32 Å². The standard InChI is InChI=1S/C6H9N5O5S/c1-3-7-4(10-6(8-3)16-2)9-5(12)11-17(13,14)15/h1-2H3,(H,13,14,15)(H2,7,8,9,10,11,12). The minimum Gasteiger partial charge on any atom is -0.467 e. The van der Waals surface area contributed by atoms with Crippen molar-refractivity contribution >= 4 is 22.3 Å². The van der Waals surface area contributed by atoms with E-state index in [1.54, 1.807) is 0 Å². The van der Waals surface area contributed by atoms with Crippen LogP contribution in [0.2, 0.25) is 0 Å². The molecule has 0 unspecified atom stereocenters. The average molecular weight is 263 g/mol. The molecule has 0 aliphatic rings. The third-order valence-corrected chi connectivity index (χ3v) is 1.80. The number of aromatic nitrogens is 3. The molecule has 17 heavy (non-hydrogen) atoms. The highest BCUT2D eigenvalue weighted by molar-refractivity contribution is 7.84. The summed E-state index contributed by atoms with van der Waals surface area (Å²) in [6, 6.07) is -1.25. The highest BCUT2D eigenvalue weighted by Crippen LogP contribution is 2.06. The Morgan fingerprint density at radius 1 is 1.35 bits per heavy atom. The number of nitrogens with zero attached hydrogens (tertiary/aromatic N) is 3. The number of methoxy groups -OCH3 is 1. The summed E-state index contributed by atoms with van der Waals surface area (Å²) in [5.41, 5.74) is 0. The van der Waals surface area contributed by atoms with Crippen molar-refractivity contribution < 1.29 is 22.5 Å². The number of aryl methyl sites for hydroxylation is 1. The summed E-state index contributed by atoms with van der Waals surface area (Å²) in [6.07, 6.45) is 0. The lowest BCUT2D eigenvalue weighted by Gasteiger charge is -2.05. The zero-order valence-electron chi connectivity index (χ0n) is 8.83. The van der Waals surface area contributed by atoms with Gasteiger partial charge < -0.3 is 4.74 Å². The van der Waals surface area contributed by atoms with Crippen LogP contribution in [-0.4, -0.2) is 41.1 Å². The van der Waals surface area contributed by atoms with Gasteiger partial charge in [0.25, 0.3) is 0 Å². The molecule has 0 spiro atoms. The van der Waals surface area contributed by atoms with E-state index < -0.39 is 16.3 Å². The lowest BCUT2D eigenvalue weighted by atomic mass is 10.7. The molecule has 0 aliphatic carbocycles. The van der Waals surface area contributed by atoms with Crippen LogP contribution in [-0.2, 0) is 10.3 Å². The van der Waals surface area contributed by atoms with Crippen LogP contribution in [0.15, 0.2) is 0 Å². The molecule has 3 N–H and O–H groups in total. The number of urea groups is 1. The first-order valence-electron chi connectivity index (χ1n) is 4.13. The van der Waals surface area contributed by atoms with Crippen LogP contribution in [0.3, 0.4) is 0 Å². The molecule has 0 fully saturated rings. The normalized spacial score (nSPS) is 10.8. The molecule has 11 heteroatoms. The topological polar surface area (TPSA) is 143 Å². The largest absolute Gasteiger partial charge is 0.467 e. The highest BCUT2D eigenvalue weighted by Gasteiger charge is 2.12. The number of rotatable bonds is 3. The lowest BCUT2D eigenvalue weighted by molar-refractivity contribution is 0.255. The van der Waals surface area contributed by atoms with E-state index in [2.05, 4.69) is 15.0 Å². The summed E-state index contributed by atoms with van der Waals surface area (Å²) in [6.45, 7) is 1.52. The average Bonchev–Trinajstić information content (AvgIpc) is 2.13. The molecule has 10 nitrogen and oxygen atoms in total. The molecule has 1 aromatic heterocycles. The molecule has 0 bridgehead atoms. The molecular weight excluding hydrogens is 254 g/mol. The van der Waals surface area contributed by atoms with Gasteiger partial charge >= 0.3 is 22.3 Å². The third-order valence-electron chi connectivity index (χ3n) is 1.36. The second kappa shape index (κ2) is 4.88. The van der Waals surface area contributed by atoms with Crippen LogP contribution in [0.5, 0.6) is 6.01 Å². The fourth-order valence-electron chi connectivity index (χ4n) is 0.849. The number of anilines is 1. The Kier molecular flexibility index (Phi) is 3.75.